The predicted molar refractivity (Wildman–Crippen MR) is 105 cm³/mol. The maximum atomic E-state index is 14.4. The molecule has 0 aromatic heterocycles. The van der Waals surface area contributed by atoms with Crippen molar-refractivity contribution in [2.24, 2.45) is 0 Å². The van der Waals surface area contributed by atoms with Crippen LogP contribution in [0, 0.1) is 12.7 Å². The summed E-state index contributed by atoms with van der Waals surface area (Å²) in [6, 6.07) is 13.3. The van der Waals surface area contributed by atoms with E-state index >= 15 is 0 Å². The van der Waals surface area contributed by atoms with E-state index in [0.717, 1.165) is 5.56 Å². The fourth-order valence-electron chi connectivity index (χ4n) is 2.91. The number of thiocarbonyl (C=S) groups is 1. The van der Waals surface area contributed by atoms with Gasteiger partial charge >= 0.3 is 0 Å². The Kier molecular flexibility index (Phi) is 5.04. The zero-order chi connectivity index (χ0) is 18.8. The summed E-state index contributed by atoms with van der Waals surface area (Å²) in [7, 11) is 1.78. The average Bonchev–Trinajstić information content (AvgIpc) is 2.61. The summed E-state index contributed by atoms with van der Waals surface area (Å²) in [6.07, 6.45) is 0. The molecule has 1 aliphatic heterocycles. The van der Waals surface area contributed by atoms with Gasteiger partial charge in [-0.2, -0.15) is 0 Å². The number of amides is 1. The predicted octanol–water partition coefficient (Wildman–Crippen LogP) is 3.91. The number of hydrogen-bond acceptors (Lipinski definition) is 2. The number of anilines is 1. The molecule has 2 aromatic rings. The topological polar surface area (TPSA) is 44.4 Å². The van der Waals surface area contributed by atoms with Crippen molar-refractivity contribution in [2.45, 2.75) is 19.9 Å². The molecule has 0 fully saturated rings. The Labute approximate surface area is 157 Å². The van der Waals surface area contributed by atoms with Crippen LogP contribution in [0.4, 0.5) is 10.1 Å². The standard InChI is InChI=1S/C20H20FN3OS/c1-12-8-10-14(11-9-12)22-19(25)17-13(2)24(3)20(26)23-18(17)15-6-4-5-7-16(15)21/h4-11,18H,1-3H3,(H,22,25)(H,23,26). The Balaban J connectivity index is 2.01. The minimum Gasteiger partial charge on any atom is -0.351 e. The molecule has 0 saturated heterocycles. The molecule has 1 amide bonds. The fraction of sp³-hybridized carbons (Fsp3) is 0.200. The van der Waals surface area contributed by atoms with E-state index in [2.05, 4.69) is 10.6 Å². The number of nitrogens with one attached hydrogen (secondary N) is 2. The smallest absolute Gasteiger partial charge is 0.255 e. The Morgan fingerprint density at radius 1 is 1.15 bits per heavy atom. The van der Waals surface area contributed by atoms with Crippen molar-refractivity contribution in [3.8, 4) is 0 Å². The lowest BCUT2D eigenvalue weighted by molar-refractivity contribution is -0.113. The van der Waals surface area contributed by atoms with Gasteiger partial charge in [-0.15, -0.1) is 0 Å². The first kappa shape index (κ1) is 18.1. The Morgan fingerprint density at radius 2 is 1.81 bits per heavy atom. The average molecular weight is 369 g/mol. The van der Waals surface area contributed by atoms with E-state index in [-0.39, 0.29) is 11.7 Å². The first-order valence-electron chi connectivity index (χ1n) is 8.26. The Hall–Kier alpha value is -2.73. The molecule has 1 unspecified atom stereocenters. The van der Waals surface area contributed by atoms with Gasteiger partial charge < -0.3 is 15.5 Å². The van der Waals surface area contributed by atoms with Crippen molar-refractivity contribution < 1.29 is 9.18 Å². The van der Waals surface area contributed by atoms with E-state index < -0.39 is 6.04 Å². The lowest BCUT2D eigenvalue weighted by Gasteiger charge is -2.35. The fourth-order valence-corrected chi connectivity index (χ4v) is 3.16. The lowest BCUT2D eigenvalue weighted by Crippen LogP contribution is -2.46. The summed E-state index contributed by atoms with van der Waals surface area (Å²) < 4.78 is 14.4. The molecule has 2 aromatic carbocycles. The van der Waals surface area contributed by atoms with Crippen molar-refractivity contribution in [2.75, 3.05) is 12.4 Å². The van der Waals surface area contributed by atoms with Crippen molar-refractivity contribution in [3.05, 3.63) is 76.7 Å². The summed E-state index contributed by atoms with van der Waals surface area (Å²) in [5.41, 5.74) is 3.30. The molecule has 0 bridgehead atoms. The highest BCUT2D eigenvalue weighted by molar-refractivity contribution is 7.80. The van der Waals surface area contributed by atoms with E-state index in [4.69, 9.17) is 12.2 Å². The maximum Gasteiger partial charge on any atom is 0.255 e. The second-order valence-electron chi connectivity index (χ2n) is 6.28. The van der Waals surface area contributed by atoms with Crippen molar-refractivity contribution >= 4 is 28.9 Å². The number of rotatable bonds is 3. The number of aryl methyl sites for hydroxylation is 1. The molecule has 0 spiro atoms. The highest BCUT2D eigenvalue weighted by Crippen LogP contribution is 2.32. The molecule has 1 heterocycles. The minimum atomic E-state index is -0.648. The molecular weight excluding hydrogens is 349 g/mol. The van der Waals surface area contributed by atoms with Gasteiger partial charge in [-0.25, -0.2) is 4.39 Å². The Morgan fingerprint density at radius 3 is 2.46 bits per heavy atom. The van der Waals surface area contributed by atoms with E-state index in [0.29, 0.717) is 27.6 Å². The number of carbonyl (C=O) groups is 1. The van der Waals surface area contributed by atoms with Gasteiger partial charge in [0.05, 0.1) is 11.6 Å². The number of benzene rings is 2. The first-order valence-corrected chi connectivity index (χ1v) is 8.66. The third-order valence-electron chi connectivity index (χ3n) is 4.52. The van der Waals surface area contributed by atoms with Gasteiger partial charge in [0.25, 0.3) is 5.91 Å². The molecule has 2 N–H and O–H groups in total. The molecule has 6 heteroatoms. The molecule has 0 radical (unpaired) electrons. The van der Waals surface area contributed by atoms with Crippen LogP contribution in [0.15, 0.2) is 59.8 Å². The van der Waals surface area contributed by atoms with E-state index in [1.165, 1.54) is 6.07 Å². The van der Waals surface area contributed by atoms with Crippen molar-refractivity contribution in [3.63, 3.8) is 0 Å². The third kappa shape index (κ3) is 3.46. The normalized spacial score (nSPS) is 17.2. The highest BCUT2D eigenvalue weighted by Gasteiger charge is 2.33. The van der Waals surface area contributed by atoms with Gasteiger partial charge in [0.2, 0.25) is 0 Å². The van der Waals surface area contributed by atoms with Crippen LogP contribution in [0.1, 0.15) is 24.1 Å². The van der Waals surface area contributed by atoms with E-state index in [9.17, 15) is 9.18 Å². The third-order valence-corrected chi connectivity index (χ3v) is 4.92. The molecular formula is C20H20FN3OS. The van der Waals surface area contributed by atoms with Crippen molar-refractivity contribution in [1.29, 1.82) is 0 Å². The summed E-state index contributed by atoms with van der Waals surface area (Å²) >= 11 is 5.34. The minimum absolute atomic E-state index is 0.290. The molecule has 1 aliphatic rings. The van der Waals surface area contributed by atoms with Crippen LogP contribution in [0.3, 0.4) is 0 Å². The van der Waals surface area contributed by atoms with E-state index in [1.54, 1.807) is 30.1 Å². The SMILES string of the molecule is CC1=C(C(=O)Nc2ccc(C)cc2)C(c2ccccc2F)NC(=S)N1C. The first-order chi connectivity index (χ1) is 12.4. The lowest BCUT2D eigenvalue weighted by atomic mass is 9.94. The number of halogens is 1. The van der Waals surface area contributed by atoms with Gasteiger partial charge in [-0.3, -0.25) is 4.79 Å². The molecule has 1 atom stereocenters. The number of allylic oxidation sites excluding steroid dienone is 1. The summed E-state index contributed by atoms with van der Waals surface area (Å²) in [5, 5.41) is 6.42. The van der Waals surface area contributed by atoms with Crippen molar-refractivity contribution in [1.82, 2.24) is 10.2 Å². The van der Waals surface area contributed by atoms with Gasteiger partial charge in [-0.1, -0.05) is 35.9 Å². The largest absolute Gasteiger partial charge is 0.351 e. The monoisotopic (exact) mass is 369 g/mol. The zero-order valence-corrected chi connectivity index (χ0v) is 15.7. The molecule has 26 heavy (non-hydrogen) atoms. The van der Waals surface area contributed by atoms with Crippen LogP contribution >= 0.6 is 12.2 Å². The van der Waals surface area contributed by atoms with Crippen LogP contribution in [-0.4, -0.2) is 23.0 Å². The summed E-state index contributed by atoms with van der Waals surface area (Å²) in [6.45, 7) is 3.79. The Bertz CT molecular complexity index is 892. The van der Waals surface area contributed by atoms with Crippen LogP contribution in [0.2, 0.25) is 0 Å². The summed E-state index contributed by atoms with van der Waals surface area (Å²) in [5.74, 6) is -0.674. The number of carbonyl (C=O) groups excluding carboxylic acids is 1. The zero-order valence-electron chi connectivity index (χ0n) is 14.8. The van der Waals surface area contributed by atoms with Gasteiger partial charge in [0.15, 0.2) is 5.11 Å². The number of nitrogens with zero attached hydrogens (tertiary/aromatic N) is 1. The second kappa shape index (κ2) is 7.25. The van der Waals surface area contributed by atoms with Crippen LogP contribution in [-0.2, 0) is 4.79 Å². The van der Waals surface area contributed by atoms with E-state index in [1.807, 2.05) is 38.1 Å². The quantitative estimate of drug-likeness (QED) is 0.806. The van der Waals surface area contributed by atoms with Crippen LogP contribution < -0.4 is 10.6 Å². The van der Waals surface area contributed by atoms with Gasteiger partial charge in [0, 0.05) is 24.0 Å². The highest BCUT2D eigenvalue weighted by atomic mass is 32.1. The molecule has 0 aliphatic carbocycles. The van der Waals surface area contributed by atoms with Crippen LogP contribution in [0.25, 0.3) is 0 Å². The molecule has 4 nitrogen and oxygen atoms in total. The molecule has 3 rings (SSSR count). The van der Waals surface area contributed by atoms with Gasteiger partial charge in [0.1, 0.15) is 5.82 Å². The summed E-state index contributed by atoms with van der Waals surface area (Å²) in [4.78, 5) is 14.7. The maximum absolute atomic E-state index is 14.4. The van der Waals surface area contributed by atoms with Gasteiger partial charge in [-0.05, 0) is 44.3 Å². The molecule has 0 saturated carbocycles. The molecule has 134 valence electrons. The van der Waals surface area contributed by atoms with Crippen LogP contribution in [0.5, 0.6) is 0 Å². The number of hydrogen-bond donors (Lipinski definition) is 2. The second-order valence-corrected chi connectivity index (χ2v) is 6.67.